The minimum Gasteiger partial charge on any atom is -0.464 e. The van der Waals surface area contributed by atoms with Crippen molar-refractivity contribution >= 4 is 35.8 Å². The first-order valence-electron chi connectivity index (χ1n) is 19.3. The minimum absolute atomic E-state index is 0.0589. The molecule has 16 heteroatoms. The lowest BCUT2D eigenvalue weighted by Gasteiger charge is -2.36. The van der Waals surface area contributed by atoms with E-state index in [0.29, 0.717) is 25.1 Å². The van der Waals surface area contributed by atoms with E-state index in [-0.39, 0.29) is 63.8 Å². The Morgan fingerprint density at radius 2 is 1.51 bits per heavy atom. The number of carbonyl (C=O) groups is 6. The number of ether oxygens (including phenoxy) is 4. The van der Waals surface area contributed by atoms with Crippen molar-refractivity contribution in [3.8, 4) is 11.6 Å². The molecule has 0 aliphatic carbocycles. The number of nitrogens with zero attached hydrogens (tertiary/aromatic N) is 5. The molecule has 2 saturated heterocycles. The third-order valence-corrected chi connectivity index (χ3v) is 9.37. The largest absolute Gasteiger partial charge is 0.464 e. The van der Waals surface area contributed by atoms with Gasteiger partial charge in [-0.2, -0.15) is 5.10 Å². The zero-order chi connectivity index (χ0) is 41.1. The molecule has 3 heterocycles. The van der Waals surface area contributed by atoms with Crippen molar-refractivity contribution in [3.63, 3.8) is 0 Å². The Morgan fingerprint density at radius 1 is 0.860 bits per heavy atom. The Labute approximate surface area is 332 Å². The van der Waals surface area contributed by atoms with Gasteiger partial charge in [-0.05, 0) is 71.6 Å². The van der Waals surface area contributed by atoms with Crippen molar-refractivity contribution in [2.75, 3.05) is 39.3 Å². The summed E-state index contributed by atoms with van der Waals surface area (Å²) in [5.74, 6) is -2.55. The number of likely N-dealkylation sites (tertiary alicyclic amines) is 1. The lowest BCUT2D eigenvalue weighted by atomic mass is 10.1. The van der Waals surface area contributed by atoms with Crippen molar-refractivity contribution in [1.82, 2.24) is 29.8 Å². The summed E-state index contributed by atoms with van der Waals surface area (Å²) < 4.78 is 23.7. The smallest absolute Gasteiger partial charge is 0.409 e. The third-order valence-electron chi connectivity index (χ3n) is 9.37. The highest BCUT2D eigenvalue weighted by Crippen LogP contribution is 2.25. The van der Waals surface area contributed by atoms with Gasteiger partial charge >= 0.3 is 18.0 Å². The van der Waals surface area contributed by atoms with E-state index in [2.05, 4.69) is 10.4 Å². The summed E-state index contributed by atoms with van der Waals surface area (Å²) in [5.41, 5.74) is 0.509. The molecule has 3 atom stereocenters. The Bertz CT molecular complexity index is 1870. The van der Waals surface area contributed by atoms with Gasteiger partial charge in [0.05, 0.1) is 12.3 Å². The molecule has 3 aromatic rings. The molecule has 0 bridgehead atoms. The third kappa shape index (κ3) is 11.6. The second-order valence-electron chi connectivity index (χ2n) is 14.8. The monoisotopic (exact) mass is 788 g/mol. The first-order valence-corrected chi connectivity index (χ1v) is 19.3. The van der Waals surface area contributed by atoms with Crippen LogP contribution in [0.1, 0.15) is 76.4 Å². The van der Waals surface area contributed by atoms with Crippen molar-refractivity contribution < 1.29 is 47.7 Å². The number of esters is 2. The average molecular weight is 789 g/mol. The van der Waals surface area contributed by atoms with E-state index in [9.17, 15) is 28.8 Å². The van der Waals surface area contributed by atoms with E-state index in [1.807, 2.05) is 36.4 Å². The number of benzene rings is 2. The van der Waals surface area contributed by atoms with Gasteiger partial charge in [-0.25, -0.2) is 14.3 Å². The molecule has 4 amide bonds. The average Bonchev–Trinajstić information content (AvgIpc) is 3.86. The highest BCUT2D eigenvalue weighted by atomic mass is 16.6. The fourth-order valence-corrected chi connectivity index (χ4v) is 6.57. The van der Waals surface area contributed by atoms with E-state index in [4.69, 9.17) is 18.9 Å². The second kappa shape index (κ2) is 19.3. The lowest BCUT2D eigenvalue weighted by molar-refractivity contribution is -0.156. The summed E-state index contributed by atoms with van der Waals surface area (Å²) in [4.78, 5) is 84.1. The van der Waals surface area contributed by atoms with E-state index < -0.39 is 59.5 Å². The van der Waals surface area contributed by atoms with Crippen LogP contribution in [0.2, 0.25) is 0 Å². The van der Waals surface area contributed by atoms with Gasteiger partial charge in [0.25, 0.3) is 11.8 Å². The summed E-state index contributed by atoms with van der Waals surface area (Å²) in [6.45, 7) is 10.0. The first kappa shape index (κ1) is 42.2. The van der Waals surface area contributed by atoms with E-state index >= 15 is 0 Å². The zero-order valence-corrected chi connectivity index (χ0v) is 33.2. The van der Waals surface area contributed by atoms with Gasteiger partial charge in [0, 0.05) is 45.2 Å². The van der Waals surface area contributed by atoms with Crippen molar-refractivity contribution in [2.24, 2.45) is 0 Å². The molecule has 0 radical (unpaired) electrons. The number of nitrogens with one attached hydrogen (secondary N) is 1. The van der Waals surface area contributed by atoms with Crippen LogP contribution in [0.5, 0.6) is 5.88 Å². The molecule has 0 spiro atoms. The number of carbonyl (C=O) groups excluding carboxylic acids is 6. The molecule has 57 heavy (non-hydrogen) atoms. The van der Waals surface area contributed by atoms with Crippen LogP contribution >= 0.6 is 0 Å². The predicted octanol–water partition coefficient (Wildman–Crippen LogP) is 3.90. The fraction of sp³-hybridized carbons (Fsp3) is 0.488. The van der Waals surface area contributed by atoms with Gasteiger partial charge in [0.15, 0.2) is 11.8 Å². The molecular formula is C41H52N6O10. The van der Waals surface area contributed by atoms with Crippen LogP contribution < -0.4 is 10.1 Å². The van der Waals surface area contributed by atoms with Gasteiger partial charge < -0.3 is 39.0 Å². The maximum absolute atomic E-state index is 13.9. The number of aromatic nitrogens is 2. The summed E-state index contributed by atoms with van der Waals surface area (Å²) in [6.07, 6.45) is -0.696. The van der Waals surface area contributed by atoms with Crippen molar-refractivity contribution in [1.29, 1.82) is 0 Å². The summed E-state index contributed by atoms with van der Waals surface area (Å²) in [6, 6.07) is 17.6. The van der Waals surface area contributed by atoms with Crippen LogP contribution in [0.25, 0.3) is 5.69 Å². The Morgan fingerprint density at radius 3 is 2.16 bits per heavy atom. The Kier molecular flexibility index (Phi) is 14.3. The predicted molar refractivity (Wildman–Crippen MR) is 206 cm³/mol. The molecule has 2 aliphatic rings. The number of piperazine rings is 1. The van der Waals surface area contributed by atoms with Gasteiger partial charge in [-0.1, -0.05) is 48.5 Å². The molecule has 2 aliphatic heterocycles. The van der Waals surface area contributed by atoms with E-state index in [1.54, 1.807) is 58.9 Å². The standard InChI is InChI=1S/C41H52N6O10/c1-6-54-40(53)45-24-22-44(23-25-45)38(51)31(19-20-35(48)57-41(3,4)5)42-36(49)32-26-34(47(43-32)30-16-11-8-12-17-30)56-28(2)37(50)46-21-13-18-33(46)39(52)55-27-29-14-9-7-10-15-29/h7-12,14-17,26,28,31,33H,6,13,18-25,27H2,1-5H3,(H,42,49)/t28-,31?,33?/m0/s1. The van der Waals surface area contributed by atoms with Gasteiger partial charge in [0.2, 0.25) is 11.8 Å². The molecule has 1 aromatic heterocycles. The topological polar surface area (TPSA) is 179 Å². The molecule has 0 saturated carbocycles. The SMILES string of the molecule is CCOC(=O)N1CCN(C(=O)C(CCC(=O)OC(C)(C)C)NC(=O)c2cc(O[C@@H](C)C(=O)N3CCCC3C(=O)OCc3ccccc3)n(-c3ccccc3)n2)CC1. The van der Waals surface area contributed by atoms with Crippen LogP contribution in [0.15, 0.2) is 66.7 Å². The number of hydrogen-bond donors (Lipinski definition) is 1. The normalized spacial score (nSPS) is 16.6. The van der Waals surface area contributed by atoms with Crippen LogP contribution in [0, 0.1) is 0 Å². The van der Waals surface area contributed by atoms with Gasteiger partial charge in [-0.15, -0.1) is 0 Å². The molecule has 2 aromatic carbocycles. The van der Waals surface area contributed by atoms with Crippen LogP contribution in [-0.2, 0) is 40.0 Å². The number of rotatable bonds is 14. The maximum atomic E-state index is 13.9. The van der Waals surface area contributed by atoms with Crippen LogP contribution in [0.4, 0.5) is 4.79 Å². The number of amides is 4. The molecule has 2 fully saturated rings. The highest BCUT2D eigenvalue weighted by molar-refractivity contribution is 5.96. The summed E-state index contributed by atoms with van der Waals surface area (Å²) in [7, 11) is 0. The van der Waals surface area contributed by atoms with E-state index in [1.165, 1.54) is 25.4 Å². The molecule has 2 unspecified atom stereocenters. The quantitative estimate of drug-likeness (QED) is 0.185. The minimum atomic E-state index is -1.14. The van der Waals surface area contributed by atoms with Crippen molar-refractivity contribution in [2.45, 2.75) is 90.7 Å². The Balaban J connectivity index is 1.31. The van der Waals surface area contributed by atoms with Crippen LogP contribution in [0.3, 0.4) is 0 Å². The zero-order valence-electron chi connectivity index (χ0n) is 33.2. The summed E-state index contributed by atoms with van der Waals surface area (Å²) in [5, 5.41) is 7.26. The van der Waals surface area contributed by atoms with E-state index in [0.717, 1.165) is 5.56 Å². The molecule has 16 nitrogen and oxygen atoms in total. The fourth-order valence-electron chi connectivity index (χ4n) is 6.57. The Hall–Kier alpha value is -5.93. The second-order valence-corrected chi connectivity index (χ2v) is 14.8. The molecular weight excluding hydrogens is 736 g/mol. The molecule has 1 N–H and O–H groups in total. The number of para-hydroxylation sites is 1. The number of hydrogen-bond acceptors (Lipinski definition) is 11. The van der Waals surface area contributed by atoms with Gasteiger partial charge in [0.1, 0.15) is 24.3 Å². The van der Waals surface area contributed by atoms with Gasteiger partial charge in [-0.3, -0.25) is 19.2 Å². The first-order chi connectivity index (χ1) is 27.2. The summed E-state index contributed by atoms with van der Waals surface area (Å²) >= 11 is 0. The maximum Gasteiger partial charge on any atom is 0.409 e. The molecule has 306 valence electrons. The molecule has 5 rings (SSSR count). The highest BCUT2D eigenvalue weighted by Gasteiger charge is 2.38. The van der Waals surface area contributed by atoms with Crippen LogP contribution in [-0.4, -0.2) is 123 Å². The van der Waals surface area contributed by atoms with Crippen molar-refractivity contribution in [3.05, 3.63) is 78.0 Å². The lowest BCUT2D eigenvalue weighted by Crippen LogP contribution is -2.56.